The number of para-hydroxylation sites is 1. The van der Waals surface area contributed by atoms with Crippen molar-refractivity contribution < 1.29 is 4.74 Å². The third kappa shape index (κ3) is 5.06. The summed E-state index contributed by atoms with van der Waals surface area (Å²) in [6.07, 6.45) is 0. The SMILES string of the molecule is c1ccc(-c2ccc(-c3nc(-c4ccc5c(c4)C4(c6ccccc6O5)c5ccccc5-c5ccccc54)cc(-c4c5ccccc5cc5c4ccc4ccccc45)n3)cc2)cc1. The van der Waals surface area contributed by atoms with E-state index in [9.17, 15) is 0 Å². The first kappa shape index (κ1) is 34.7. The quantitative estimate of drug-likeness (QED) is 0.132. The Bertz CT molecular complexity index is 3560. The highest BCUT2D eigenvalue weighted by molar-refractivity contribution is 6.19. The molecule has 0 atom stereocenters. The molecule has 2 aliphatic rings. The molecule has 1 aliphatic carbocycles. The maximum Gasteiger partial charge on any atom is 0.160 e. The lowest BCUT2D eigenvalue weighted by molar-refractivity contribution is 0.436. The lowest BCUT2D eigenvalue weighted by atomic mass is 9.66. The van der Waals surface area contributed by atoms with Crippen LogP contribution in [-0.4, -0.2) is 9.97 Å². The van der Waals surface area contributed by atoms with Gasteiger partial charge in [-0.15, -0.1) is 0 Å². The number of nitrogens with zero attached hydrogens (tertiary/aromatic N) is 2. The molecule has 11 aromatic rings. The van der Waals surface area contributed by atoms with Crippen molar-refractivity contribution >= 4 is 32.3 Å². The monoisotopic (exact) mass is 788 g/mol. The van der Waals surface area contributed by atoms with Crippen molar-refractivity contribution in [2.45, 2.75) is 5.41 Å². The molecule has 62 heavy (non-hydrogen) atoms. The predicted molar refractivity (Wildman–Crippen MR) is 254 cm³/mol. The molecule has 0 saturated carbocycles. The van der Waals surface area contributed by atoms with Gasteiger partial charge in [-0.05, 0) is 102 Å². The van der Waals surface area contributed by atoms with E-state index in [-0.39, 0.29) is 0 Å². The third-order valence-corrected chi connectivity index (χ3v) is 13.1. The number of aromatic nitrogens is 2. The topological polar surface area (TPSA) is 35.0 Å². The van der Waals surface area contributed by atoms with Crippen LogP contribution in [0.4, 0.5) is 0 Å². The van der Waals surface area contributed by atoms with Crippen molar-refractivity contribution in [2.24, 2.45) is 0 Å². The van der Waals surface area contributed by atoms with Gasteiger partial charge in [-0.3, -0.25) is 0 Å². The van der Waals surface area contributed by atoms with Gasteiger partial charge in [-0.25, -0.2) is 9.97 Å². The molecule has 1 spiro atoms. The molecule has 0 unspecified atom stereocenters. The summed E-state index contributed by atoms with van der Waals surface area (Å²) in [5, 5.41) is 7.12. The van der Waals surface area contributed by atoms with Gasteiger partial charge in [0.2, 0.25) is 0 Å². The first-order valence-electron chi connectivity index (χ1n) is 21.2. The van der Waals surface area contributed by atoms with Crippen LogP contribution >= 0.6 is 0 Å². The van der Waals surface area contributed by atoms with Crippen LogP contribution in [0.5, 0.6) is 11.5 Å². The molecule has 0 bridgehead atoms. The van der Waals surface area contributed by atoms with E-state index in [1.165, 1.54) is 49.4 Å². The Labute approximate surface area is 359 Å². The molecule has 0 saturated heterocycles. The minimum Gasteiger partial charge on any atom is -0.457 e. The van der Waals surface area contributed by atoms with Crippen LogP contribution in [-0.2, 0) is 5.41 Å². The minimum atomic E-state index is -0.591. The van der Waals surface area contributed by atoms with Crippen LogP contribution in [0.1, 0.15) is 22.3 Å². The summed E-state index contributed by atoms with van der Waals surface area (Å²) >= 11 is 0. The van der Waals surface area contributed by atoms with Gasteiger partial charge >= 0.3 is 0 Å². The van der Waals surface area contributed by atoms with Crippen molar-refractivity contribution in [2.75, 3.05) is 0 Å². The van der Waals surface area contributed by atoms with Crippen LogP contribution in [0.25, 0.3) is 88.5 Å². The number of benzene rings is 10. The highest BCUT2D eigenvalue weighted by Crippen LogP contribution is 2.62. The van der Waals surface area contributed by atoms with Crippen LogP contribution < -0.4 is 4.74 Å². The van der Waals surface area contributed by atoms with Gasteiger partial charge in [0.1, 0.15) is 11.5 Å². The Morgan fingerprint density at radius 1 is 0.323 bits per heavy atom. The summed E-state index contributed by atoms with van der Waals surface area (Å²) in [7, 11) is 0. The summed E-state index contributed by atoms with van der Waals surface area (Å²) in [6, 6.07) is 78.4. The Kier molecular flexibility index (Phi) is 7.52. The Morgan fingerprint density at radius 2 is 0.903 bits per heavy atom. The second kappa shape index (κ2) is 13.4. The van der Waals surface area contributed by atoms with Crippen molar-refractivity contribution in [3.05, 3.63) is 241 Å². The van der Waals surface area contributed by atoms with E-state index >= 15 is 0 Å². The van der Waals surface area contributed by atoms with Crippen molar-refractivity contribution in [3.63, 3.8) is 0 Å². The van der Waals surface area contributed by atoms with Gasteiger partial charge in [-0.2, -0.15) is 0 Å². The standard InChI is InChI=1S/C59H36N2O/c1-2-14-37(15-3-1)38-26-28-40(29-27-38)58-60-53(36-54(61-58)57-44-19-7-5-17-41(44)34-48-43-18-6-4-16-39(43)30-32-47(48)57)42-31-33-56-52(35-42)59(51-24-12-13-25-55(51)62-56)49-22-10-8-20-45(49)46-21-9-11-23-50(46)59/h1-36H. The average Bonchev–Trinajstić information content (AvgIpc) is 3.64. The fraction of sp³-hybridized carbons (Fsp3) is 0.0169. The molecule has 0 N–H and O–H groups in total. The summed E-state index contributed by atoms with van der Waals surface area (Å²) in [5.74, 6) is 2.39. The van der Waals surface area contributed by atoms with Crippen molar-refractivity contribution in [3.8, 4) is 67.7 Å². The Hall–Kier alpha value is -8.14. The first-order chi connectivity index (χ1) is 30.7. The zero-order valence-electron chi connectivity index (χ0n) is 33.6. The number of fused-ring (bicyclic) bond motifs is 13. The second-order valence-electron chi connectivity index (χ2n) is 16.4. The summed E-state index contributed by atoms with van der Waals surface area (Å²) < 4.78 is 6.82. The van der Waals surface area contributed by atoms with Gasteiger partial charge < -0.3 is 4.74 Å². The summed E-state index contributed by atoms with van der Waals surface area (Å²) in [5.41, 5.74) is 13.7. The maximum atomic E-state index is 6.82. The molecule has 0 radical (unpaired) electrons. The third-order valence-electron chi connectivity index (χ3n) is 13.1. The Balaban J connectivity index is 1.08. The van der Waals surface area contributed by atoms with Crippen LogP contribution in [0, 0.1) is 0 Å². The van der Waals surface area contributed by atoms with E-state index < -0.39 is 5.41 Å². The zero-order valence-corrected chi connectivity index (χ0v) is 33.6. The molecule has 13 rings (SSSR count). The van der Waals surface area contributed by atoms with Gasteiger partial charge in [0, 0.05) is 27.8 Å². The van der Waals surface area contributed by atoms with E-state index in [1.54, 1.807) is 0 Å². The largest absolute Gasteiger partial charge is 0.457 e. The van der Waals surface area contributed by atoms with E-state index in [0.717, 1.165) is 67.0 Å². The first-order valence-corrected chi connectivity index (χ1v) is 21.2. The predicted octanol–water partition coefficient (Wildman–Crippen LogP) is 15.1. The molecule has 1 aliphatic heterocycles. The van der Waals surface area contributed by atoms with E-state index in [0.29, 0.717) is 5.82 Å². The van der Waals surface area contributed by atoms with Gasteiger partial charge in [0.25, 0.3) is 0 Å². The molecule has 2 heterocycles. The van der Waals surface area contributed by atoms with Crippen molar-refractivity contribution in [1.82, 2.24) is 9.97 Å². The molecule has 0 amide bonds. The summed E-state index contributed by atoms with van der Waals surface area (Å²) in [6.45, 7) is 0. The molecule has 288 valence electrons. The van der Waals surface area contributed by atoms with Crippen molar-refractivity contribution in [1.29, 1.82) is 0 Å². The molecule has 3 heteroatoms. The normalized spacial score (nSPS) is 13.1. The van der Waals surface area contributed by atoms with E-state index in [2.05, 4.69) is 218 Å². The van der Waals surface area contributed by atoms with Crippen LogP contribution in [0.15, 0.2) is 218 Å². The average molecular weight is 789 g/mol. The number of hydrogen-bond acceptors (Lipinski definition) is 3. The zero-order chi connectivity index (χ0) is 40.8. The number of hydrogen-bond donors (Lipinski definition) is 0. The molecule has 1 aromatic heterocycles. The smallest absolute Gasteiger partial charge is 0.160 e. The molecule has 3 nitrogen and oxygen atoms in total. The molecular weight excluding hydrogens is 753 g/mol. The van der Waals surface area contributed by atoms with Gasteiger partial charge in [-0.1, -0.05) is 182 Å². The Morgan fingerprint density at radius 3 is 1.69 bits per heavy atom. The molecule has 0 fully saturated rings. The van der Waals surface area contributed by atoms with Gasteiger partial charge in [0.05, 0.1) is 16.8 Å². The lowest BCUT2D eigenvalue weighted by Gasteiger charge is -2.39. The number of ether oxygens (including phenoxy) is 1. The van der Waals surface area contributed by atoms with E-state index in [1.807, 2.05) is 0 Å². The van der Waals surface area contributed by atoms with E-state index in [4.69, 9.17) is 14.7 Å². The fourth-order valence-corrected chi connectivity index (χ4v) is 10.4. The maximum absolute atomic E-state index is 6.82. The van der Waals surface area contributed by atoms with Gasteiger partial charge in [0.15, 0.2) is 5.82 Å². The minimum absolute atomic E-state index is 0.591. The molecular formula is C59H36N2O. The van der Waals surface area contributed by atoms with Crippen LogP contribution in [0.3, 0.4) is 0 Å². The van der Waals surface area contributed by atoms with Crippen LogP contribution in [0.2, 0.25) is 0 Å². The number of rotatable bonds is 4. The molecule has 10 aromatic carbocycles. The lowest BCUT2D eigenvalue weighted by Crippen LogP contribution is -2.32. The second-order valence-corrected chi connectivity index (χ2v) is 16.4. The fourth-order valence-electron chi connectivity index (χ4n) is 10.4. The highest BCUT2D eigenvalue weighted by Gasteiger charge is 2.51. The highest BCUT2D eigenvalue weighted by atomic mass is 16.5. The summed E-state index contributed by atoms with van der Waals surface area (Å²) in [4.78, 5) is 11.0.